The molecule has 1 aliphatic heterocycles. The first kappa shape index (κ1) is 23.6. The molecule has 0 saturated carbocycles. The zero-order valence-corrected chi connectivity index (χ0v) is 20.9. The van der Waals surface area contributed by atoms with Crippen LogP contribution >= 0.6 is 11.3 Å². The molecule has 0 bridgehead atoms. The normalized spacial score (nSPS) is 14.5. The molecule has 0 spiro atoms. The second-order valence-corrected chi connectivity index (χ2v) is 9.42. The summed E-state index contributed by atoms with van der Waals surface area (Å²) < 4.78 is 15.5. The molecule has 2 aromatic carbocycles. The van der Waals surface area contributed by atoms with Gasteiger partial charge in [-0.2, -0.15) is 5.26 Å². The Morgan fingerprint density at radius 1 is 1.08 bits per heavy atom. The summed E-state index contributed by atoms with van der Waals surface area (Å²) in [4.78, 5) is 13.8. The summed E-state index contributed by atoms with van der Waals surface area (Å²) in [5.74, 6) is 2.65. The maximum atomic E-state index is 13.8. The number of thiazole rings is 1. The lowest BCUT2D eigenvalue weighted by atomic mass is 10.2. The average Bonchev–Trinajstić information content (AvgIpc) is 3.35. The van der Waals surface area contributed by atoms with Gasteiger partial charge in [-0.25, -0.2) is 0 Å². The number of para-hydroxylation sites is 1. The molecular formula is C27H25N5O3S. The van der Waals surface area contributed by atoms with Gasteiger partial charge in [0.2, 0.25) is 0 Å². The first-order valence-corrected chi connectivity index (χ1v) is 12.5. The van der Waals surface area contributed by atoms with Gasteiger partial charge in [0.15, 0.2) is 5.82 Å². The second-order valence-electron chi connectivity index (χ2n) is 8.39. The van der Waals surface area contributed by atoms with Crippen molar-refractivity contribution in [2.45, 2.75) is 32.2 Å². The smallest absolute Gasteiger partial charge is 0.273 e. The number of nitrogens with zero attached hydrogens (tertiary/aromatic N) is 5. The first-order chi connectivity index (χ1) is 17.6. The van der Waals surface area contributed by atoms with E-state index in [0.717, 1.165) is 38.1 Å². The Morgan fingerprint density at radius 2 is 1.92 bits per heavy atom. The number of aromatic nitrogens is 4. The fraction of sp³-hybridized carbons (Fsp3) is 0.259. The molecule has 0 aliphatic carbocycles. The average molecular weight is 500 g/mol. The fourth-order valence-corrected chi connectivity index (χ4v) is 5.51. The summed E-state index contributed by atoms with van der Waals surface area (Å²) in [6, 6.07) is 17.1. The topological polar surface area (TPSA) is 95.0 Å². The van der Waals surface area contributed by atoms with Gasteiger partial charge in [-0.1, -0.05) is 24.6 Å². The van der Waals surface area contributed by atoms with Crippen LogP contribution in [0, 0.1) is 11.3 Å². The van der Waals surface area contributed by atoms with E-state index < -0.39 is 0 Å². The number of nitriles is 1. The Hall–Kier alpha value is -4.16. The molecule has 0 saturated heterocycles. The molecule has 0 atom stereocenters. The number of fused-ring (bicyclic) bond motifs is 1. The van der Waals surface area contributed by atoms with Crippen molar-refractivity contribution in [2.75, 3.05) is 14.2 Å². The molecule has 182 valence electrons. The lowest BCUT2D eigenvalue weighted by molar-refractivity contribution is 0.402. The molecule has 0 N–H and O–H groups in total. The summed E-state index contributed by atoms with van der Waals surface area (Å²) in [6.07, 6.45) is 5.77. The lowest BCUT2D eigenvalue weighted by Gasteiger charge is -2.07. The predicted octanol–water partition coefficient (Wildman–Crippen LogP) is 2.79. The minimum Gasteiger partial charge on any atom is -0.497 e. The standard InChI is InChI=1S/C27H25N5O3S/c1-34-20-12-13-22(35-2)18(15-20)16-23-26(33)32(19-9-5-3-6-10-19)27(36-23)21(17-28)25-30-29-24-11-7-4-8-14-31(24)25/h3,5-6,9-10,12-13,15-16H,4,7-8,11,14H2,1-2H3. The molecule has 0 amide bonds. The predicted molar refractivity (Wildman–Crippen MR) is 138 cm³/mol. The second kappa shape index (κ2) is 10.2. The zero-order chi connectivity index (χ0) is 25.1. The minimum atomic E-state index is -0.227. The third kappa shape index (κ3) is 4.32. The van der Waals surface area contributed by atoms with Gasteiger partial charge in [0.1, 0.15) is 33.6 Å². The fourth-order valence-electron chi connectivity index (χ4n) is 4.42. The molecule has 3 heterocycles. The molecule has 9 heteroatoms. The highest BCUT2D eigenvalue weighted by Crippen LogP contribution is 2.24. The van der Waals surface area contributed by atoms with Crippen LogP contribution in [0.5, 0.6) is 11.5 Å². The highest BCUT2D eigenvalue weighted by Gasteiger charge is 2.21. The number of hydrogen-bond donors (Lipinski definition) is 0. The highest BCUT2D eigenvalue weighted by molar-refractivity contribution is 7.07. The van der Waals surface area contributed by atoms with Gasteiger partial charge in [-0.3, -0.25) is 9.36 Å². The van der Waals surface area contributed by atoms with E-state index in [1.54, 1.807) is 37.0 Å². The van der Waals surface area contributed by atoms with Crippen LogP contribution in [-0.4, -0.2) is 33.6 Å². The third-order valence-corrected chi connectivity index (χ3v) is 7.31. The molecule has 0 fully saturated rings. The van der Waals surface area contributed by atoms with E-state index in [-0.39, 0.29) is 5.56 Å². The monoisotopic (exact) mass is 499 g/mol. The summed E-state index contributed by atoms with van der Waals surface area (Å²) in [5.41, 5.74) is 1.49. The zero-order valence-electron chi connectivity index (χ0n) is 20.1. The number of aryl methyl sites for hydroxylation is 1. The van der Waals surface area contributed by atoms with Crippen molar-refractivity contribution >= 4 is 23.0 Å². The first-order valence-electron chi connectivity index (χ1n) is 11.7. The van der Waals surface area contributed by atoms with Crippen molar-refractivity contribution in [1.82, 2.24) is 19.3 Å². The van der Waals surface area contributed by atoms with Crippen molar-refractivity contribution in [3.05, 3.63) is 85.3 Å². The number of methoxy groups -OCH3 is 2. The number of rotatable bonds is 5. The number of ether oxygens (including phenoxy) is 2. The van der Waals surface area contributed by atoms with Crippen molar-refractivity contribution < 1.29 is 9.47 Å². The van der Waals surface area contributed by atoms with E-state index >= 15 is 0 Å². The molecular weight excluding hydrogens is 474 g/mol. The van der Waals surface area contributed by atoms with Crippen LogP contribution in [0.3, 0.4) is 0 Å². The Morgan fingerprint density at radius 3 is 2.67 bits per heavy atom. The van der Waals surface area contributed by atoms with Gasteiger partial charge < -0.3 is 14.0 Å². The van der Waals surface area contributed by atoms with Gasteiger partial charge in [0, 0.05) is 18.5 Å². The minimum absolute atomic E-state index is 0.227. The quantitative estimate of drug-likeness (QED) is 0.419. The van der Waals surface area contributed by atoms with Crippen LogP contribution in [0.4, 0.5) is 0 Å². The molecule has 0 radical (unpaired) electrons. The van der Waals surface area contributed by atoms with Gasteiger partial charge >= 0.3 is 0 Å². The third-order valence-electron chi connectivity index (χ3n) is 6.22. The van der Waals surface area contributed by atoms with Gasteiger partial charge in [0.05, 0.1) is 24.4 Å². The summed E-state index contributed by atoms with van der Waals surface area (Å²) in [6.45, 7) is 0.754. The molecule has 8 nitrogen and oxygen atoms in total. The number of hydrogen-bond acceptors (Lipinski definition) is 7. The Kier molecular flexibility index (Phi) is 6.69. The van der Waals surface area contributed by atoms with Crippen LogP contribution in [0.25, 0.3) is 17.3 Å². The van der Waals surface area contributed by atoms with Crippen LogP contribution in [0.1, 0.15) is 36.5 Å². The van der Waals surface area contributed by atoms with Crippen molar-refractivity contribution in [3.63, 3.8) is 0 Å². The Bertz CT molecular complexity index is 1630. The summed E-state index contributed by atoms with van der Waals surface area (Å²) in [5, 5.41) is 19.1. The molecule has 1 aliphatic rings. The molecule has 2 aromatic heterocycles. The molecule has 4 aromatic rings. The van der Waals surface area contributed by atoms with E-state index in [4.69, 9.17) is 9.47 Å². The largest absolute Gasteiger partial charge is 0.497 e. The van der Waals surface area contributed by atoms with Crippen molar-refractivity contribution in [1.29, 1.82) is 5.26 Å². The van der Waals surface area contributed by atoms with Crippen LogP contribution in [0.2, 0.25) is 0 Å². The van der Waals surface area contributed by atoms with Gasteiger partial charge in [-0.05, 0) is 49.2 Å². The van der Waals surface area contributed by atoms with Gasteiger partial charge in [0.25, 0.3) is 5.56 Å². The SMILES string of the molecule is COc1ccc(OC)c(C=c2sc(=C(C#N)c3nnc4n3CCCCC4)n(-c3ccccc3)c2=O)c1. The van der Waals surface area contributed by atoms with Gasteiger partial charge in [-0.15, -0.1) is 21.5 Å². The Balaban J connectivity index is 1.83. The molecule has 36 heavy (non-hydrogen) atoms. The lowest BCUT2D eigenvalue weighted by Crippen LogP contribution is -2.31. The van der Waals surface area contributed by atoms with E-state index in [9.17, 15) is 10.1 Å². The Labute approximate surface area is 212 Å². The summed E-state index contributed by atoms with van der Waals surface area (Å²) in [7, 11) is 3.17. The van der Waals surface area contributed by atoms with Crippen LogP contribution in [-0.2, 0) is 13.0 Å². The maximum Gasteiger partial charge on any atom is 0.273 e. The highest BCUT2D eigenvalue weighted by atomic mass is 32.1. The van der Waals surface area contributed by atoms with E-state index in [0.29, 0.717) is 43.3 Å². The number of benzene rings is 2. The van der Waals surface area contributed by atoms with Crippen LogP contribution < -0.4 is 24.2 Å². The van der Waals surface area contributed by atoms with E-state index in [1.165, 1.54) is 11.3 Å². The molecule has 5 rings (SSSR count). The van der Waals surface area contributed by atoms with E-state index in [1.807, 2.05) is 41.0 Å². The van der Waals surface area contributed by atoms with Crippen LogP contribution in [0.15, 0.2) is 53.3 Å². The molecule has 0 unspecified atom stereocenters. The maximum absolute atomic E-state index is 13.8. The van der Waals surface area contributed by atoms with Crippen molar-refractivity contribution in [2.24, 2.45) is 0 Å². The summed E-state index contributed by atoms with van der Waals surface area (Å²) >= 11 is 1.25. The van der Waals surface area contributed by atoms with Crippen molar-refractivity contribution in [3.8, 4) is 23.3 Å². The van der Waals surface area contributed by atoms with E-state index in [2.05, 4.69) is 16.3 Å².